The molecule has 1 fully saturated rings. The third-order valence-corrected chi connectivity index (χ3v) is 6.77. The highest BCUT2D eigenvalue weighted by Gasteiger charge is 2.29. The highest BCUT2D eigenvalue weighted by atomic mass is 32.2. The molecule has 1 aliphatic carbocycles. The second-order valence-corrected chi connectivity index (χ2v) is 10.0. The number of anilines is 1. The number of halogens is 1. The number of hydrogen-bond acceptors (Lipinski definition) is 5. The monoisotopic (exact) mass is 421 g/mol. The van der Waals surface area contributed by atoms with Gasteiger partial charge in [0.05, 0.1) is 16.5 Å². The Labute approximate surface area is 166 Å². The maximum atomic E-state index is 13.4. The first-order valence-electron chi connectivity index (χ1n) is 9.05. The second kappa shape index (κ2) is 7.38. The van der Waals surface area contributed by atoms with Gasteiger partial charge in [-0.05, 0) is 48.9 Å². The molecule has 148 valence electrons. The van der Waals surface area contributed by atoms with Crippen molar-refractivity contribution in [2.75, 3.05) is 11.6 Å². The van der Waals surface area contributed by atoms with Gasteiger partial charge in [-0.1, -0.05) is 23.8 Å². The first kappa shape index (κ1) is 19.2. The number of carbonyl (C=O) groups excluding carboxylic acids is 1. The molecule has 0 bridgehead atoms. The number of rotatable bonds is 4. The molecule has 6 nitrogen and oxygen atoms in total. The van der Waals surface area contributed by atoms with Crippen LogP contribution < -0.4 is 10.0 Å². The highest BCUT2D eigenvalue weighted by molar-refractivity contribution is 7.88. The predicted molar refractivity (Wildman–Crippen MR) is 109 cm³/mol. The Bertz CT molecular complexity index is 1160. The number of carbonyl (C=O) groups is 1. The summed E-state index contributed by atoms with van der Waals surface area (Å²) in [6, 6.07) is 8.03. The van der Waals surface area contributed by atoms with Gasteiger partial charge >= 0.3 is 0 Å². The van der Waals surface area contributed by atoms with Gasteiger partial charge in [-0.2, -0.15) is 0 Å². The van der Waals surface area contributed by atoms with E-state index in [4.69, 9.17) is 0 Å². The van der Waals surface area contributed by atoms with Crippen LogP contribution in [0.5, 0.6) is 0 Å². The van der Waals surface area contributed by atoms with Gasteiger partial charge in [0.25, 0.3) is 0 Å². The minimum Gasteiger partial charge on any atom is -0.302 e. The van der Waals surface area contributed by atoms with Crippen molar-refractivity contribution in [2.45, 2.75) is 31.7 Å². The Balaban J connectivity index is 1.53. The van der Waals surface area contributed by atoms with Crippen molar-refractivity contribution in [3.05, 3.63) is 36.1 Å². The molecule has 1 saturated carbocycles. The lowest BCUT2D eigenvalue weighted by atomic mass is 9.85. The fourth-order valence-corrected chi connectivity index (χ4v) is 5.61. The van der Waals surface area contributed by atoms with E-state index < -0.39 is 10.0 Å². The number of sulfonamides is 1. The fourth-order valence-electron chi connectivity index (χ4n) is 3.78. The molecular weight excluding hydrogens is 401 g/mol. The molecule has 9 heteroatoms. The van der Waals surface area contributed by atoms with Gasteiger partial charge in [0.2, 0.25) is 15.9 Å². The molecule has 0 spiro atoms. The molecule has 2 aromatic carbocycles. The second-order valence-electron chi connectivity index (χ2n) is 7.24. The summed E-state index contributed by atoms with van der Waals surface area (Å²) in [4.78, 5) is 17.2. The Hall–Kier alpha value is -2.10. The minimum atomic E-state index is -3.29. The molecule has 1 heterocycles. The average molecular weight is 422 g/mol. The van der Waals surface area contributed by atoms with Gasteiger partial charge in [-0.3, -0.25) is 4.79 Å². The average Bonchev–Trinajstić information content (AvgIpc) is 3.03. The van der Waals surface area contributed by atoms with Gasteiger partial charge in [-0.15, -0.1) is 0 Å². The zero-order valence-electron chi connectivity index (χ0n) is 15.2. The predicted octanol–water partition coefficient (Wildman–Crippen LogP) is 3.64. The summed E-state index contributed by atoms with van der Waals surface area (Å²) in [7, 11) is -3.29. The van der Waals surface area contributed by atoms with Crippen LogP contribution in [-0.4, -0.2) is 31.6 Å². The number of thiazole rings is 1. The molecule has 4 rings (SSSR count). The lowest BCUT2D eigenvalue weighted by molar-refractivity contribution is -0.120. The van der Waals surface area contributed by atoms with Crippen molar-refractivity contribution in [3.8, 4) is 0 Å². The summed E-state index contributed by atoms with van der Waals surface area (Å²) in [6.07, 6.45) is 3.86. The van der Waals surface area contributed by atoms with Crippen LogP contribution in [0.4, 0.5) is 9.52 Å². The zero-order valence-corrected chi connectivity index (χ0v) is 16.9. The Morgan fingerprint density at radius 1 is 1.25 bits per heavy atom. The van der Waals surface area contributed by atoms with Crippen LogP contribution >= 0.6 is 11.3 Å². The van der Waals surface area contributed by atoms with E-state index in [1.807, 2.05) is 12.1 Å². The molecule has 1 aromatic heterocycles. The van der Waals surface area contributed by atoms with Crippen LogP contribution in [0.3, 0.4) is 0 Å². The molecule has 0 saturated heterocycles. The smallest absolute Gasteiger partial charge is 0.229 e. The van der Waals surface area contributed by atoms with Crippen molar-refractivity contribution in [3.63, 3.8) is 0 Å². The summed E-state index contributed by atoms with van der Waals surface area (Å²) in [5.74, 6) is -0.695. The number of amides is 1. The van der Waals surface area contributed by atoms with Crippen molar-refractivity contribution in [1.29, 1.82) is 0 Å². The first-order chi connectivity index (χ1) is 13.3. The number of benzene rings is 2. The number of nitrogens with one attached hydrogen (secondary N) is 2. The zero-order chi connectivity index (χ0) is 19.9. The summed E-state index contributed by atoms with van der Waals surface area (Å²) in [6.45, 7) is 0. The van der Waals surface area contributed by atoms with E-state index in [0.717, 1.165) is 46.5 Å². The molecule has 2 atom stereocenters. The Kier molecular flexibility index (Phi) is 5.07. The molecule has 3 aromatic rings. The van der Waals surface area contributed by atoms with Crippen molar-refractivity contribution >= 4 is 53.4 Å². The quantitative estimate of drug-likeness (QED) is 0.673. The number of fused-ring (bicyclic) bond motifs is 3. The number of nitrogens with zero attached hydrogens (tertiary/aromatic N) is 1. The van der Waals surface area contributed by atoms with Crippen LogP contribution in [0.1, 0.15) is 25.7 Å². The topological polar surface area (TPSA) is 88.2 Å². The molecule has 0 unspecified atom stereocenters. The Morgan fingerprint density at radius 2 is 2.07 bits per heavy atom. The van der Waals surface area contributed by atoms with Crippen molar-refractivity contribution in [2.24, 2.45) is 5.92 Å². The molecule has 28 heavy (non-hydrogen) atoms. The minimum absolute atomic E-state index is 0.144. The van der Waals surface area contributed by atoms with Gasteiger partial charge in [0, 0.05) is 17.3 Å². The van der Waals surface area contributed by atoms with E-state index in [2.05, 4.69) is 15.0 Å². The van der Waals surface area contributed by atoms with Crippen LogP contribution in [0.15, 0.2) is 30.3 Å². The van der Waals surface area contributed by atoms with E-state index in [1.165, 1.54) is 23.5 Å². The third-order valence-electron chi connectivity index (χ3n) is 4.99. The maximum absolute atomic E-state index is 13.4. The number of aromatic nitrogens is 1. The highest BCUT2D eigenvalue weighted by Crippen LogP contribution is 2.34. The normalized spacial score (nSPS) is 20.5. The maximum Gasteiger partial charge on any atom is 0.229 e. The largest absolute Gasteiger partial charge is 0.302 e. The van der Waals surface area contributed by atoms with Gasteiger partial charge in [0.15, 0.2) is 5.13 Å². The molecular formula is C19H20FN3O3S2. The van der Waals surface area contributed by atoms with E-state index in [1.54, 1.807) is 6.07 Å². The molecule has 0 aliphatic heterocycles. The van der Waals surface area contributed by atoms with Crippen molar-refractivity contribution in [1.82, 2.24) is 9.71 Å². The van der Waals surface area contributed by atoms with Crippen molar-refractivity contribution < 1.29 is 17.6 Å². The lowest BCUT2D eigenvalue weighted by Crippen LogP contribution is -2.40. The lowest BCUT2D eigenvalue weighted by Gasteiger charge is -2.28. The number of hydrogen-bond donors (Lipinski definition) is 2. The van der Waals surface area contributed by atoms with Crippen LogP contribution in [0.25, 0.3) is 21.0 Å². The van der Waals surface area contributed by atoms with E-state index in [-0.39, 0.29) is 23.7 Å². The van der Waals surface area contributed by atoms with Gasteiger partial charge in [0.1, 0.15) is 5.82 Å². The third kappa shape index (κ3) is 4.16. The van der Waals surface area contributed by atoms with Crippen LogP contribution in [0.2, 0.25) is 0 Å². The van der Waals surface area contributed by atoms with E-state index in [0.29, 0.717) is 11.6 Å². The fraction of sp³-hybridized carbons (Fsp3) is 0.368. The van der Waals surface area contributed by atoms with Crippen LogP contribution in [0, 0.1) is 11.7 Å². The molecule has 1 aliphatic rings. The van der Waals surface area contributed by atoms with E-state index in [9.17, 15) is 17.6 Å². The summed E-state index contributed by atoms with van der Waals surface area (Å²) >= 11 is 1.36. The van der Waals surface area contributed by atoms with Crippen LogP contribution in [-0.2, 0) is 14.8 Å². The van der Waals surface area contributed by atoms with E-state index >= 15 is 0 Å². The Morgan fingerprint density at radius 3 is 2.86 bits per heavy atom. The summed E-state index contributed by atoms with van der Waals surface area (Å²) in [5, 5.41) is 5.06. The van der Waals surface area contributed by atoms with Gasteiger partial charge in [-0.25, -0.2) is 22.5 Å². The first-order valence-corrected chi connectivity index (χ1v) is 11.8. The summed E-state index contributed by atoms with van der Waals surface area (Å²) in [5.41, 5.74) is 0.750. The molecule has 2 N–H and O–H groups in total. The molecule has 1 amide bonds. The standard InChI is InChI=1S/C19H20FN3O3S2/c1-28(25,26)23-14-4-2-3-12(10-14)18(24)22-19-21-16-8-5-11-9-13(20)6-7-15(11)17(16)27-19/h5-9,12,14,23H,2-4,10H2,1H3,(H,21,22,24)/t12-,14+/m0/s1. The summed E-state index contributed by atoms with van der Waals surface area (Å²) < 4.78 is 39.8. The van der Waals surface area contributed by atoms with Gasteiger partial charge < -0.3 is 5.32 Å². The molecule has 0 radical (unpaired) electrons. The SMILES string of the molecule is CS(=O)(=O)N[C@@H]1CCC[C@H](C(=O)Nc2nc3ccc4cc(F)ccc4c3s2)C1.